The van der Waals surface area contributed by atoms with E-state index in [9.17, 15) is 4.79 Å². The molecule has 0 spiro atoms. The van der Waals surface area contributed by atoms with Gasteiger partial charge in [-0.05, 0) is 23.6 Å². The molecule has 0 fully saturated rings. The zero-order chi connectivity index (χ0) is 15.1. The lowest BCUT2D eigenvalue weighted by Gasteiger charge is -2.16. The van der Waals surface area contributed by atoms with Gasteiger partial charge in [0.2, 0.25) is 0 Å². The Morgan fingerprint density at radius 2 is 1.76 bits per heavy atom. The summed E-state index contributed by atoms with van der Waals surface area (Å²) >= 11 is 0. The Bertz CT molecular complexity index is 581. The SMILES string of the molecule is COC(=O)C(CNCc1ccccc1C)c1ccccc1. The average Bonchev–Trinajstić information content (AvgIpc) is 2.53. The third-order valence-corrected chi connectivity index (χ3v) is 3.61. The Hall–Kier alpha value is -2.13. The highest BCUT2D eigenvalue weighted by molar-refractivity contribution is 5.78. The summed E-state index contributed by atoms with van der Waals surface area (Å²) in [5, 5.41) is 3.36. The van der Waals surface area contributed by atoms with Gasteiger partial charge in [-0.2, -0.15) is 0 Å². The zero-order valence-electron chi connectivity index (χ0n) is 12.5. The molecule has 1 atom stereocenters. The van der Waals surface area contributed by atoms with Crippen molar-refractivity contribution >= 4 is 5.97 Å². The van der Waals surface area contributed by atoms with Crippen LogP contribution >= 0.6 is 0 Å². The zero-order valence-corrected chi connectivity index (χ0v) is 12.5. The van der Waals surface area contributed by atoms with E-state index in [2.05, 4.69) is 24.4 Å². The van der Waals surface area contributed by atoms with Crippen LogP contribution in [0.2, 0.25) is 0 Å². The fraction of sp³-hybridized carbons (Fsp3) is 0.278. The lowest BCUT2D eigenvalue weighted by molar-refractivity contribution is -0.142. The Morgan fingerprint density at radius 3 is 2.43 bits per heavy atom. The minimum absolute atomic E-state index is 0.210. The quantitative estimate of drug-likeness (QED) is 0.828. The van der Waals surface area contributed by atoms with Crippen LogP contribution < -0.4 is 5.32 Å². The maximum atomic E-state index is 12.0. The molecule has 0 saturated heterocycles. The molecular weight excluding hydrogens is 262 g/mol. The summed E-state index contributed by atoms with van der Waals surface area (Å²) in [6.07, 6.45) is 0. The van der Waals surface area contributed by atoms with Gasteiger partial charge in [-0.15, -0.1) is 0 Å². The van der Waals surface area contributed by atoms with Crippen molar-refractivity contribution in [2.24, 2.45) is 0 Å². The predicted molar refractivity (Wildman–Crippen MR) is 84.1 cm³/mol. The Kier molecular flexibility index (Phi) is 5.52. The number of ether oxygens (including phenoxy) is 1. The molecular formula is C18H21NO2. The van der Waals surface area contributed by atoms with E-state index in [0.717, 1.165) is 12.1 Å². The molecule has 110 valence electrons. The van der Waals surface area contributed by atoms with Gasteiger partial charge in [0.05, 0.1) is 13.0 Å². The minimum atomic E-state index is -0.278. The summed E-state index contributed by atoms with van der Waals surface area (Å²) in [6, 6.07) is 18.0. The minimum Gasteiger partial charge on any atom is -0.469 e. The van der Waals surface area contributed by atoms with E-state index in [0.29, 0.717) is 6.54 Å². The standard InChI is InChI=1S/C18H21NO2/c1-14-8-6-7-11-16(14)12-19-13-17(18(20)21-2)15-9-4-3-5-10-15/h3-11,17,19H,12-13H2,1-2H3. The molecule has 1 N–H and O–H groups in total. The van der Waals surface area contributed by atoms with E-state index in [1.165, 1.54) is 18.2 Å². The van der Waals surface area contributed by atoms with Gasteiger partial charge in [-0.25, -0.2) is 0 Å². The number of esters is 1. The van der Waals surface area contributed by atoms with Gasteiger partial charge in [0, 0.05) is 13.1 Å². The van der Waals surface area contributed by atoms with Gasteiger partial charge < -0.3 is 10.1 Å². The van der Waals surface area contributed by atoms with Crippen molar-refractivity contribution in [3.05, 3.63) is 71.3 Å². The van der Waals surface area contributed by atoms with Crippen molar-refractivity contribution in [2.75, 3.05) is 13.7 Å². The molecule has 0 saturated carbocycles. The van der Waals surface area contributed by atoms with E-state index >= 15 is 0 Å². The summed E-state index contributed by atoms with van der Waals surface area (Å²) in [5.41, 5.74) is 3.47. The van der Waals surface area contributed by atoms with Crippen molar-refractivity contribution in [3.8, 4) is 0 Å². The van der Waals surface area contributed by atoms with Gasteiger partial charge in [0.15, 0.2) is 0 Å². The van der Waals surface area contributed by atoms with Gasteiger partial charge in [0.1, 0.15) is 0 Å². The van der Waals surface area contributed by atoms with E-state index in [-0.39, 0.29) is 11.9 Å². The summed E-state index contributed by atoms with van der Waals surface area (Å²) in [4.78, 5) is 12.0. The molecule has 0 radical (unpaired) electrons. The monoisotopic (exact) mass is 283 g/mol. The second kappa shape index (κ2) is 7.60. The second-order valence-corrected chi connectivity index (χ2v) is 5.04. The molecule has 3 nitrogen and oxygen atoms in total. The molecule has 0 bridgehead atoms. The molecule has 0 amide bonds. The van der Waals surface area contributed by atoms with Crippen LogP contribution in [0.4, 0.5) is 0 Å². The van der Waals surface area contributed by atoms with Crippen LogP contribution in [-0.4, -0.2) is 19.6 Å². The van der Waals surface area contributed by atoms with Crippen LogP contribution in [0.1, 0.15) is 22.6 Å². The maximum Gasteiger partial charge on any atom is 0.314 e. The van der Waals surface area contributed by atoms with Crippen LogP contribution in [0.5, 0.6) is 0 Å². The lowest BCUT2D eigenvalue weighted by Crippen LogP contribution is -2.27. The molecule has 2 aromatic carbocycles. The summed E-state index contributed by atoms with van der Waals surface area (Å²) in [7, 11) is 1.43. The van der Waals surface area contributed by atoms with Crippen LogP contribution in [0.15, 0.2) is 54.6 Å². The number of rotatable bonds is 6. The van der Waals surface area contributed by atoms with Crippen molar-refractivity contribution in [1.82, 2.24) is 5.32 Å². The Balaban J connectivity index is 2.00. The molecule has 2 aromatic rings. The van der Waals surface area contributed by atoms with Gasteiger partial charge in [-0.1, -0.05) is 54.6 Å². The summed E-state index contributed by atoms with van der Waals surface area (Å²) in [5.74, 6) is -0.487. The number of benzene rings is 2. The highest BCUT2D eigenvalue weighted by atomic mass is 16.5. The smallest absolute Gasteiger partial charge is 0.314 e. The molecule has 21 heavy (non-hydrogen) atoms. The number of nitrogens with one attached hydrogen (secondary N) is 1. The number of hydrogen-bond acceptors (Lipinski definition) is 3. The van der Waals surface area contributed by atoms with E-state index in [4.69, 9.17) is 4.74 Å². The first-order valence-corrected chi connectivity index (χ1v) is 7.10. The van der Waals surface area contributed by atoms with E-state index in [1.54, 1.807) is 0 Å². The first kappa shape index (κ1) is 15.3. The molecule has 2 rings (SSSR count). The average molecular weight is 283 g/mol. The van der Waals surface area contributed by atoms with Crippen LogP contribution in [0.3, 0.4) is 0 Å². The molecule has 0 aliphatic heterocycles. The fourth-order valence-electron chi connectivity index (χ4n) is 2.32. The molecule has 0 aliphatic carbocycles. The second-order valence-electron chi connectivity index (χ2n) is 5.04. The van der Waals surface area contributed by atoms with Crippen LogP contribution in [0, 0.1) is 6.92 Å². The number of aryl methyl sites for hydroxylation is 1. The number of carbonyl (C=O) groups is 1. The summed E-state index contributed by atoms with van der Waals surface area (Å²) < 4.78 is 4.91. The molecule has 3 heteroatoms. The van der Waals surface area contributed by atoms with Crippen molar-refractivity contribution in [1.29, 1.82) is 0 Å². The molecule has 0 aromatic heterocycles. The molecule has 0 aliphatic rings. The molecule has 1 unspecified atom stereocenters. The summed E-state index contributed by atoms with van der Waals surface area (Å²) in [6.45, 7) is 3.39. The highest BCUT2D eigenvalue weighted by Crippen LogP contribution is 2.16. The Morgan fingerprint density at radius 1 is 1.10 bits per heavy atom. The fourth-order valence-corrected chi connectivity index (χ4v) is 2.32. The number of hydrogen-bond donors (Lipinski definition) is 1. The lowest BCUT2D eigenvalue weighted by atomic mass is 9.99. The third-order valence-electron chi connectivity index (χ3n) is 3.61. The van der Waals surface area contributed by atoms with Crippen LogP contribution in [-0.2, 0) is 16.1 Å². The number of methoxy groups -OCH3 is 1. The highest BCUT2D eigenvalue weighted by Gasteiger charge is 2.20. The van der Waals surface area contributed by atoms with Crippen molar-refractivity contribution < 1.29 is 9.53 Å². The van der Waals surface area contributed by atoms with Gasteiger partial charge in [-0.3, -0.25) is 4.79 Å². The normalized spacial score (nSPS) is 11.9. The Labute approximate surface area is 126 Å². The largest absolute Gasteiger partial charge is 0.469 e. The van der Waals surface area contributed by atoms with Crippen LogP contribution in [0.25, 0.3) is 0 Å². The topological polar surface area (TPSA) is 38.3 Å². The van der Waals surface area contributed by atoms with E-state index < -0.39 is 0 Å². The van der Waals surface area contributed by atoms with Gasteiger partial charge in [0.25, 0.3) is 0 Å². The third kappa shape index (κ3) is 4.17. The maximum absolute atomic E-state index is 12.0. The first-order valence-electron chi connectivity index (χ1n) is 7.10. The predicted octanol–water partition coefficient (Wildman–Crippen LogP) is 3.04. The van der Waals surface area contributed by atoms with Gasteiger partial charge >= 0.3 is 5.97 Å². The number of carbonyl (C=O) groups excluding carboxylic acids is 1. The van der Waals surface area contributed by atoms with Crippen molar-refractivity contribution in [2.45, 2.75) is 19.4 Å². The molecule has 0 heterocycles. The van der Waals surface area contributed by atoms with E-state index in [1.807, 2.05) is 42.5 Å². The first-order chi connectivity index (χ1) is 10.2. The van der Waals surface area contributed by atoms with Crippen molar-refractivity contribution in [3.63, 3.8) is 0 Å².